The molecule has 1 aliphatic rings. The average molecular weight is 348 g/mol. The molecule has 2 aromatic rings. The fraction of sp³-hybridized carbons (Fsp3) is 0.529. The van der Waals surface area contributed by atoms with E-state index in [-0.39, 0.29) is 0 Å². The van der Waals surface area contributed by atoms with Crippen molar-refractivity contribution in [2.45, 2.75) is 32.7 Å². The smallest absolute Gasteiger partial charge is 0.211 e. The van der Waals surface area contributed by atoms with E-state index < -0.39 is 10.0 Å². The Balaban J connectivity index is 1.82. The lowest BCUT2D eigenvalue weighted by Gasteiger charge is -2.15. The van der Waals surface area contributed by atoms with Crippen LogP contribution >= 0.6 is 0 Å². The zero-order valence-electron chi connectivity index (χ0n) is 14.2. The van der Waals surface area contributed by atoms with Crippen molar-refractivity contribution in [3.8, 4) is 11.4 Å². The molecule has 0 unspecified atom stereocenters. The molecule has 1 aliphatic heterocycles. The molecule has 3 rings (SSSR count). The third-order valence-electron chi connectivity index (χ3n) is 4.51. The van der Waals surface area contributed by atoms with E-state index >= 15 is 0 Å². The maximum atomic E-state index is 11.7. The molecule has 130 valence electrons. The Labute approximate surface area is 143 Å². The Bertz CT molecular complexity index is 800. The first-order valence-corrected chi connectivity index (χ1v) is 10.2. The molecule has 2 aromatic heterocycles. The van der Waals surface area contributed by atoms with E-state index in [4.69, 9.17) is 0 Å². The SMILES string of the molecule is CCCn1nccc1-c1ncccc1C[C@H]1CCN(S(C)(=O)=O)C1. The number of pyridine rings is 1. The highest BCUT2D eigenvalue weighted by Gasteiger charge is 2.29. The molecule has 1 saturated heterocycles. The van der Waals surface area contributed by atoms with Crippen molar-refractivity contribution < 1.29 is 8.42 Å². The largest absolute Gasteiger partial charge is 0.263 e. The van der Waals surface area contributed by atoms with E-state index in [0.29, 0.717) is 19.0 Å². The van der Waals surface area contributed by atoms with Crippen molar-refractivity contribution in [1.82, 2.24) is 19.1 Å². The van der Waals surface area contributed by atoms with Gasteiger partial charge in [0.1, 0.15) is 0 Å². The Hall–Kier alpha value is -1.73. The summed E-state index contributed by atoms with van der Waals surface area (Å²) in [5.74, 6) is 0.338. The molecular formula is C17H24N4O2S. The van der Waals surface area contributed by atoms with Gasteiger partial charge in [0.05, 0.1) is 17.6 Å². The maximum Gasteiger partial charge on any atom is 0.211 e. The molecule has 0 bridgehead atoms. The minimum atomic E-state index is -3.09. The number of nitrogens with zero attached hydrogens (tertiary/aromatic N) is 4. The van der Waals surface area contributed by atoms with Crippen molar-refractivity contribution in [1.29, 1.82) is 0 Å². The normalized spacial score (nSPS) is 19.0. The first-order chi connectivity index (χ1) is 11.5. The van der Waals surface area contributed by atoms with Gasteiger partial charge in [-0.25, -0.2) is 12.7 Å². The average Bonchev–Trinajstić information content (AvgIpc) is 3.17. The second-order valence-electron chi connectivity index (χ2n) is 6.43. The lowest BCUT2D eigenvalue weighted by atomic mass is 9.96. The molecule has 0 amide bonds. The van der Waals surface area contributed by atoms with E-state index in [2.05, 4.69) is 23.1 Å². The monoisotopic (exact) mass is 348 g/mol. The Morgan fingerprint density at radius 3 is 2.83 bits per heavy atom. The van der Waals surface area contributed by atoms with Gasteiger partial charge < -0.3 is 0 Å². The van der Waals surface area contributed by atoms with Crippen LogP contribution < -0.4 is 0 Å². The van der Waals surface area contributed by atoms with Crippen molar-refractivity contribution in [3.63, 3.8) is 0 Å². The quantitative estimate of drug-likeness (QED) is 0.802. The minimum Gasteiger partial charge on any atom is -0.263 e. The van der Waals surface area contributed by atoms with Gasteiger partial charge in [0.2, 0.25) is 10.0 Å². The van der Waals surface area contributed by atoms with E-state index in [0.717, 1.165) is 42.8 Å². The predicted octanol–water partition coefficient (Wildman–Crippen LogP) is 2.18. The molecular weight excluding hydrogens is 324 g/mol. The molecule has 7 heteroatoms. The van der Waals surface area contributed by atoms with Crippen LogP contribution in [0.3, 0.4) is 0 Å². The van der Waals surface area contributed by atoms with E-state index in [9.17, 15) is 8.42 Å². The summed E-state index contributed by atoms with van der Waals surface area (Å²) in [6, 6.07) is 6.04. The lowest BCUT2D eigenvalue weighted by Crippen LogP contribution is -2.27. The zero-order chi connectivity index (χ0) is 17.2. The minimum absolute atomic E-state index is 0.338. The molecule has 24 heavy (non-hydrogen) atoms. The predicted molar refractivity (Wildman–Crippen MR) is 94.0 cm³/mol. The fourth-order valence-electron chi connectivity index (χ4n) is 3.33. The van der Waals surface area contributed by atoms with Gasteiger partial charge in [-0.3, -0.25) is 9.67 Å². The van der Waals surface area contributed by atoms with Crippen LogP contribution in [0.4, 0.5) is 0 Å². The van der Waals surface area contributed by atoms with Gasteiger partial charge in [0.25, 0.3) is 0 Å². The summed E-state index contributed by atoms with van der Waals surface area (Å²) in [7, 11) is -3.09. The second-order valence-corrected chi connectivity index (χ2v) is 8.41. The molecule has 3 heterocycles. The summed E-state index contributed by atoms with van der Waals surface area (Å²) in [4.78, 5) is 4.58. The highest BCUT2D eigenvalue weighted by molar-refractivity contribution is 7.88. The van der Waals surface area contributed by atoms with Crippen LogP contribution in [-0.2, 0) is 23.0 Å². The molecule has 0 radical (unpaired) electrons. The van der Waals surface area contributed by atoms with Crippen LogP contribution in [-0.4, -0.2) is 46.8 Å². The summed E-state index contributed by atoms with van der Waals surface area (Å²) in [6.07, 6.45) is 7.66. The summed E-state index contributed by atoms with van der Waals surface area (Å²) in [5, 5.41) is 4.39. The van der Waals surface area contributed by atoms with Crippen LogP contribution in [0, 0.1) is 5.92 Å². The molecule has 0 aromatic carbocycles. The van der Waals surface area contributed by atoms with Gasteiger partial charge in [-0.05, 0) is 42.9 Å². The van der Waals surface area contributed by atoms with Crippen molar-refractivity contribution in [3.05, 3.63) is 36.2 Å². The third kappa shape index (κ3) is 3.67. The first kappa shape index (κ1) is 17.1. The third-order valence-corrected chi connectivity index (χ3v) is 5.78. The number of sulfonamides is 1. The molecule has 1 fully saturated rings. The summed E-state index contributed by atoms with van der Waals surface area (Å²) >= 11 is 0. The van der Waals surface area contributed by atoms with Gasteiger partial charge in [-0.1, -0.05) is 13.0 Å². The van der Waals surface area contributed by atoms with Gasteiger partial charge in [-0.15, -0.1) is 0 Å². The van der Waals surface area contributed by atoms with E-state index in [1.807, 2.05) is 23.0 Å². The summed E-state index contributed by atoms with van der Waals surface area (Å²) in [5.41, 5.74) is 3.15. The second kappa shape index (κ2) is 7.03. The molecule has 0 spiro atoms. The Morgan fingerprint density at radius 1 is 1.29 bits per heavy atom. The molecule has 0 aliphatic carbocycles. The molecule has 0 N–H and O–H groups in total. The summed E-state index contributed by atoms with van der Waals surface area (Å²) < 4.78 is 27.0. The van der Waals surface area contributed by atoms with E-state index in [1.165, 1.54) is 6.26 Å². The van der Waals surface area contributed by atoms with Gasteiger partial charge in [0, 0.05) is 32.0 Å². The lowest BCUT2D eigenvalue weighted by molar-refractivity contribution is 0.460. The molecule has 1 atom stereocenters. The molecule has 0 saturated carbocycles. The Morgan fingerprint density at radius 2 is 2.12 bits per heavy atom. The van der Waals surface area contributed by atoms with E-state index in [1.54, 1.807) is 10.5 Å². The number of aromatic nitrogens is 3. The van der Waals surface area contributed by atoms with Gasteiger partial charge in [-0.2, -0.15) is 5.10 Å². The van der Waals surface area contributed by atoms with Gasteiger partial charge >= 0.3 is 0 Å². The Kier molecular flexibility index (Phi) is 5.01. The van der Waals surface area contributed by atoms with Crippen LogP contribution in [0.1, 0.15) is 25.3 Å². The zero-order valence-corrected chi connectivity index (χ0v) is 15.0. The number of hydrogen-bond acceptors (Lipinski definition) is 4. The highest BCUT2D eigenvalue weighted by atomic mass is 32.2. The van der Waals surface area contributed by atoms with Gasteiger partial charge in [0.15, 0.2) is 0 Å². The maximum absolute atomic E-state index is 11.7. The van der Waals surface area contributed by atoms with Crippen molar-refractivity contribution >= 4 is 10.0 Å². The van der Waals surface area contributed by atoms with Crippen LogP contribution in [0.25, 0.3) is 11.4 Å². The van der Waals surface area contributed by atoms with Crippen molar-refractivity contribution in [2.75, 3.05) is 19.3 Å². The van der Waals surface area contributed by atoms with Crippen LogP contribution in [0.2, 0.25) is 0 Å². The van der Waals surface area contributed by atoms with Crippen molar-refractivity contribution in [2.24, 2.45) is 5.92 Å². The standard InChI is InChI=1S/C17H24N4O2S/c1-3-10-21-16(6-9-19-21)17-15(5-4-8-18-17)12-14-7-11-20(13-14)24(2,22)23/h4-6,8-9,14H,3,7,10-13H2,1-2H3/t14-/m1/s1. The topological polar surface area (TPSA) is 68.1 Å². The van der Waals surface area contributed by atoms with Crippen LogP contribution in [0.15, 0.2) is 30.6 Å². The first-order valence-electron chi connectivity index (χ1n) is 8.40. The summed E-state index contributed by atoms with van der Waals surface area (Å²) in [6.45, 7) is 4.21. The highest BCUT2D eigenvalue weighted by Crippen LogP contribution is 2.27. The number of hydrogen-bond donors (Lipinski definition) is 0. The van der Waals surface area contributed by atoms with Crippen LogP contribution in [0.5, 0.6) is 0 Å². The number of rotatable bonds is 6. The fourth-order valence-corrected chi connectivity index (χ4v) is 4.25. The molecule has 6 nitrogen and oxygen atoms in total. The number of aryl methyl sites for hydroxylation is 1.